The summed E-state index contributed by atoms with van der Waals surface area (Å²) < 4.78 is 5.83. The average molecular weight is 290 g/mol. The van der Waals surface area contributed by atoms with Crippen LogP contribution in [0.15, 0.2) is 18.2 Å². The number of rotatable bonds is 8. The Hall–Kier alpha value is -1.55. The van der Waals surface area contributed by atoms with Crippen molar-refractivity contribution in [2.75, 3.05) is 20.2 Å². The van der Waals surface area contributed by atoms with E-state index in [1.807, 2.05) is 31.0 Å². The first kappa shape index (κ1) is 15.8. The SMILES string of the molecule is CCCNCc1cccc(C)c1OCC(=O)N(C)C1CC1. The van der Waals surface area contributed by atoms with Crippen molar-refractivity contribution in [2.45, 2.75) is 45.7 Å². The number of aryl methyl sites for hydroxylation is 1. The van der Waals surface area contributed by atoms with Crippen molar-refractivity contribution in [1.82, 2.24) is 10.2 Å². The molecule has 1 aromatic rings. The summed E-state index contributed by atoms with van der Waals surface area (Å²) >= 11 is 0. The lowest BCUT2D eigenvalue weighted by Gasteiger charge is -2.19. The highest BCUT2D eigenvalue weighted by Gasteiger charge is 2.29. The molecule has 4 nitrogen and oxygen atoms in total. The van der Waals surface area contributed by atoms with Gasteiger partial charge in [-0.3, -0.25) is 4.79 Å². The molecule has 0 saturated heterocycles. The lowest BCUT2D eigenvalue weighted by atomic mass is 10.1. The van der Waals surface area contributed by atoms with Crippen molar-refractivity contribution >= 4 is 5.91 Å². The molecular formula is C17H26N2O2. The van der Waals surface area contributed by atoms with Gasteiger partial charge < -0.3 is 15.0 Å². The number of carbonyl (C=O) groups is 1. The maximum Gasteiger partial charge on any atom is 0.260 e. The average Bonchev–Trinajstić information content (AvgIpc) is 3.30. The molecule has 1 fully saturated rings. The Bertz CT molecular complexity index is 484. The molecule has 1 amide bonds. The molecule has 0 spiro atoms. The molecule has 116 valence electrons. The summed E-state index contributed by atoms with van der Waals surface area (Å²) in [5, 5.41) is 3.38. The molecule has 1 aromatic carbocycles. The van der Waals surface area contributed by atoms with Crippen LogP contribution in [-0.4, -0.2) is 37.0 Å². The van der Waals surface area contributed by atoms with Crippen molar-refractivity contribution < 1.29 is 9.53 Å². The van der Waals surface area contributed by atoms with Gasteiger partial charge in [-0.15, -0.1) is 0 Å². The highest BCUT2D eigenvalue weighted by Crippen LogP contribution is 2.26. The monoisotopic (exact) mass is 290 g/mol. The molecule has 1 aliphatic carbocycles. The molecule has 1 saturated carbocycles. The minimum atomic E-state index is 0.0632. The van der Waals surface area contributed by atoms with Crippen molar-refractivity contribution in [3.63, 3.8) is 0 Å². The van der Waals surface area contributed by atoms with Crippen molar-refractivity contribution in [3.8, 4) is 5.75 Å². The third kappa shape index (κ3) is 4.46. The second-order valence-corrected chi connectivity index (χ2v) is 5.76. The van der Waals surface area contributed by atoms with Crippen LogP contribution >= 0.6 is 0 Å². The molecule has 0 atom stereocenters. The van der Waals surface area contributed by atoms with E-state index in [1.54, 1.807) is 0 Å². The molecular weight excluding hydrogens is 264 g/mol. The lowest BCUT2D eigenvalue weighted by Crippen LogP contribution is -2.33. The number of nitrogens with zero attached hydrogens (tertiary/aromatic N) is 1. The third-order valence-corrected chi connectivity index (χ3v) is 3.86. The quantitative estimate of drug-likeness (QED) is 0.748. The molecule has 0 aromatic heterocycles. The van der Waals surface area contributed by atoms with Gasteiger partial charge in [-0.25, -0.2) is 0 Å². The Labute approximate surface area is 127 Å². The minimum absolute atomic E-state index is 0.0632. The number of carbonyl (C=O) groups excluding carboxylic acids is 1. The summed E-state index contributed by atoms with van der Waals surface area (Å²) in [5.74, 6) is 0.909. The van der Waals surface area contributed by atoms with Crippen LogP contribution in [0.4, 0.5) is 0 Å². The molecule has 0 unspecified atom stereocenters. The first-order chi connectivity index (χ1) is 10.1. The summed E-state index contributed by atoms with van der Waals surface area (Å²) in [6, 6.07) is 6.54. The first-order valence-electron chi connectivity index (χ1n) is 7.81. The summed E-state index contributed by atoms with van der Waals surface area (Å²) in [4.78, 5) is 13.9. The smallest absolute Gasteiger partial charge is 0.260 e. The lowest BCUT2D eigenvalue weighted by molar-refractivity contribution is -0.132. The van der Waals surface area contributed by atoms with Gasteiger partial charge >= 0.3 is 0 Å². The Kier molecular flexibility index (Phi) is 5.62. The zero-order valence-electron chi connectivity index (χ0n) is 13.3. The second-order valence-electron chi connectivity index (χ2n) is 5.76. The van der Waals surface area contributed by atoms with Crippen LogP contribution in [0.1, 0.15) is 37.3 Å². The number of hydrogen-bond acceptors (Lipinski definition) is 3. The van der Waals surface area contributed by atoms with E-state index in [4.69, 9.17) is 4.74 Å². The molecule has 2 rings (SSSR count). The van der Waals surface area contributed by atoms with Crippen LogP contribution in [0.3, 0.4) is 0 Å². The van der Waals surface area contributed by atoms with Crippen molar-refractivity contribution in [2.24, 2.45) is 0 Å². The fraction of sp³-hybridized carbons (Fsp3) is 0.588. The minimum Gasteiger partial charge on any atom is -0.483 e. The van der Waals surface area contributed by atoms with E-state index in [0.29, 0.717) is 6.04 Å². The van der Waals surface area contributed by atoms with E-state index in [2.05, 4.69) is 18.3 Å². The van der Waals surface area contributed by atoms with Gasteiger partial charge in [0.05, 0.1) is 0 Å². The maximum absolute atomic E-state index is 12.1. The Balaban J connectivity index is 1.95. The summed E-state index contributed by atoms with van der Waals surface area (Å²) in [6.45, 7) is 6.05. The first-order valence-corrected chi connectivity index (χ1v) is 7.81. The van der Waals surface area contributed by atoms with Gasteiger partial charge in [-0.2, -0.15) is 0 Å². The summed E-state index contributed by atoms with van der Waals surface area (Å²) in [5.41, 5.74) is 2.19. The van der Waals surface area contributed by atoms with E-state index in [-0.39, 0.29) is 12.5 Å². The number of ether oxygens (including phenoxy) is 1. The normalized spacial score (nSPS) is 14.0. The van der Waals surface area contributed by atoms with Gasteiger partial charge in [0.15, 0.2) is 6.61 Å². The van der Waals surface area contributed by atoms with Crippen LogP contribution in [0, 0.1) is 6.92 Å². The highest BCUT2D eigenvalue weighted by molar-refractivity contribution is 5.78. The van der Waals surface area contributed by atoms with Crippen LogP contribution in [0.25, 0.3) is 0 Å². The Morgan fingerprint density at radius 2 is 2.19 bits per heavy atom. The van der Waals surface area contributed by atoms with Crippen molar-refractivity contribution in [3.05, 3.63) is 29.3 Å². The van der Waals surface area contributed by atoms with Gasteiger partial charge in [0, 0.05) is 25.2 Å². The molecule has 4 heteroatoms. The fourth-order valence-electron chi connectivity index (χ4n) is 2.36. The Morgan fingerprint density at radius 1 is 1.43 bits per heavy atom. The predicted molar refractivity (Wildman–Crippen MR) is 84.5 cm³/mol. The fourth-order valence-corrected chi connectivity index (χ4v) is 2.36. The number of likely N-dealkylation sites (N-methyl/N-ethyl adjacent to an activating group) is 1. The number of amides is 1. The largest absolute Gasteiger partial charge is 0.483 e. The highest BCUT2D eigenvalue weighted by atomic mass is 16.5. The standard InChI is InChI=1S/C17H26N2O2/c1-4-10-18-11-14-7-5-6-13(2)17(14)21-12-16(20)19(3)15-8-9-15/h5-7,15,18H,4,8-12H2,1-3H3. The van der Waals surface area contributed by atoms with E-state index in [0.717, 1.165) is 49.2 Å². The third-order valence-electron chi connectivity index (χ3n) is 3.86. The van der Waals surface area contributed by atoms with Gasteiger partial charge in [-0.05, 0) is 38.3 Å². The van der Waals surface area contributed by atoms with Gasteiger partial charge in [0.25, 0.3) is 5.91 Å². The molecule has 1 aliphatic rings. The Morgan fingerprint density at radius 3 is 2.86 bits per heavy atom. The number of para-hydroxylation sites is 1. The molecule has 0 radical (unpaired) electrons. The van der Waals surface area contributed by atoms with Crippen LogP contribution in [0.5, 0.6) is 5.75 Å². The van der Waals surface area contributed by atoms with Crippen LogP contribution in [-0.2, 0) is 11.3 Å². The van der Waals surface area contributed by atoms with Crippen LogP contribution in [0.2, 0.25) is 0 Å². The molecule has 0 bridgehead atoms. The van der Waals surface area contributed by atoms with E-state index < -0.39 is 0 Å². The van der Waals surface area contributed by atoms with Gasteiger partial charge in [0.1, 0.15) is 5.75 Å². The summed E-state index contributed by atoms with van der Waals surface area (Å²) in [7, 11) is 1.87. The maximum atomic E-state index is 12.1. The zero-order chi connectivity index (χ0) is 15.2. The van der Waals surface area contributed by atoms with Crippen molar-refractivity contribution in [1.29, 1.82) is 0 Å². The molecule has 0 aliphatic heterocycles. The zero-order valence-corrected chi connectivity index (χ0v) is 13.3. The number of benzene rings is 1. The molecule has 0 heterocycles. The van der Waals surface area contributed by atoms with Gasteiger partial charge in [0.2, 0.25) is 0 Å². The van der Waals surface area contributed by atoms with E-state index in [1.165, 1.54) is 0 Å². The molecule has 1 N–H and O–H groups in total. The number of nitrogens with one attached hydrogen (secondary N) is 1. The van der Waals surface area contributed by atoms with Gasteiger partial charge in [-0.1, -0.05) is 25.1 Å². The van der Waals surface area contributed by atoms with Crippen LogP contribution < -0.4 is 10.1 Å². The summed E-state index contributed by atoms with van der Waals surface area (Å²) in [6.07, 6.45) is 3.35. The number of hydrogen-bond donors (Lipinski definition) is 1. The predicted octanol–water partition coefficient (Wildman–Crippen LogP) is 2.49. The topological polar surface area (TPSA) is 41.6 Å². The van der Waals surface area contributed by atoms with E-state index >= 15 is 0 Å². The second kappa shape index (κ2) is 7.46. The van der Waals surface area contributed by atoms with E-state index in [9.17, 15) is 4.79 Å². The molecule has 21 heavy (non-hydrogen) atoms.